The van der Waals surface area contributed by atoms with Crippen molar-refractivity contribution >= 4 is 40.1 Å². The number of rotatable bonds is 4. The number of amides is 1. The van der Waals surface area contributed by atoms with Gasteiger partial charge in [-0.1, -0.05) is 48.2 Å². The van der Waals surface area contributed by atoms with E-state index in [1.54, 1.807) is 36.2 Å². The van der Waals surface area contributed by atoms with Gasteiger partial charge in [0.1, 0.15) is 11.5 Å². The summed E-state index contributed by atoms with van der Waals surface area (Å²) in [5, 5.41) is 9.60. The van der Waals surface area contributed by atoms with E-state index in [-0.39, 0.29) is 5.69 Å². The number of fused-ring (bicyclic) bond motifs is 1. The van der Waals surface area contributed by atoms with E-state index in [0.29, 0.717) is 11.6 Å². The van der Waals surface area contributed by atoms with Gasteiger partial charge < -0.3 is 10.7 Å². The molecule has 0 aliphatic heterocycles. The van der Waals surface area contributed by atoms with Crippen molar-refractivity contribution in [2.24, 2.45) is 10.2 Å². The van der Waals surface area contributed by atoms with Crippen LogP contribution in [0, 0.1) is 0 Å². The number of aromatic nitrogens is 2. The van der Waals surface area contributed by atoms with Crippen molar-refractivity contribution in [3.63, 3.8) is 0 Å². The molecule has 0 saturated carbocycles. The minimum Gasteiger partial charge on any atom is -0.385 e. The molecule has 0 atom stereocenters. The number of nitrogen functional groups attached to an aromatic ring is 1. The predicted octanol–water partition coefficient (Wildman–Crippen LogP) is 5.22. The Balaban J connectivity index is 1.73. The Morgan fingerprint density at radius 3 is 2.59 bits per heavy atom. The number of nitrogens with two attached hydrogens (primary N) is 1. The lowest BCUT2D eigenvalue weighted by molar-refractivity contribution is 0.0990. The molecule has 0 aliphatic rings. The molecule has 2 heterocycles. The van der Waals surface area contributed by atoms with Crippen LogP contribution in [0.5, 0.6) is 0 Å². The van der Waals surface area contributed by atoms with Gasteiger partial charge >= 0.3 is 5.91 Å². The highest BCUT2D eigenvalue weighted by Crippen LogP contribution is 2.40. The van der Waals surface area contributed by atoms with E-state index < -0.39 is 5.91 Å². The average molecular weight is 373 g/mol. The van der Waals surface area contributed by atoms with Crippen molar-refractivity contribution in [2.75, 3.05) is 5.73 Å². The summed E-state index contributed by atoms with van der Waals surface area (Å²) in [5.74, 6) is 0.427. The summed E-state index contributed by atoms with van der Waals surface area (Å²) >= 11 is 1.60. The standard InChI is InChI=1S/C20H15N5OS/c21-18-14-9-6-11-16(27-13-7-2-1-3-8-13)17(14)19(23-18)24-25-20(26)15-10-4-5-12-22-15/h1-12,23H,21H2. The fourth-order valence-electron chi connectivity index (χ4n) is 2.67. The maximum Gasteiger partial charge on any atom is 0.313 e. The van der Waals surface area contributed by atoms with Gasteiger partial charge in [-0.15, -0.1) is 10.2 Å². The number of hydrogen-bond donors (Lipinski definition) is 2. The van der Waals surface area contributed by atoms with Crippen molar-refractivity contribution in [2.45, 2.75) is 9.79 Å². The number of carbonyl (C=O) groups excluding carboxylic acids is 1. The molecule has 6 nitrogen and oxygen atoms in total. The molecule has 2 aromatic carbocycles. The Bertz CT molecular complexity index is 1120. The molecule has 0 unspecified atom stereocenters. The highest BCUT2D eigenvalue weighted by molar-refractivity contribution is 7.99. The van der Waals surface area contributed by atoms with Crippen LogP contribution >= 0.6 is 11.8 Å². The second kappa shape index (κ2) is 7.43. The topological polar surface area (TPSA) is 96.5 Å². The quantitative estimate of drug-likeness (QED) is 0.479. The molecule has 4 rings (SSSR count). The van der Waals surface area contributed by atoms with Gasteiger partial charge in [-0.25, -0.2) is 0 Å². The van der Waals surface area contributed by atoms with Gasteiger partial charge in [0.2, 0.25) is 0 Å². The zero-order valence-corrected chi connectivity index (χ0v) is 15.0. The third-order valence-electron chi connectivity index (χ3n) is 3.90. The van der Waals surface area contributed by atoms with Gasteiger partial charge in [-0.3, -0.25) is 9.78 Å². The number of pyridine rings is 1. The first-order valence-corrected chi connectivity index (χ1v) is 9.04. The summed E-state index contributed by atoms with van der Waals surface area (Å²) in [5.41, 5.74) is 6.33. The summed E-state index contributed by atoms with van der Waals surface area (Å²) in [7, 11) is 0. The van der Waals surface area contributed by atoms with Crippen LogP contribution in [0.3, 0.4) is 0 Å². The van der Waals surface area contributed by atoms with Gasteiger partial charge in [0.05, 0.1) is 0 Å². The first-order chi connectivity index (χ1) is 13.2. The Hall–Kier alpha value is -3.45. The zero-order chi connectivity index (χ0) is 18.6. The SMILES string of the molecule is Nc1[nH]c(N=NC(=O)c2ccccn2)c2c(Sc3ccccc3)cccc12. The first-order valence-electron chi connectivity index (χ1n) is 8.22. The number of nitrogens with one attached hydrogen (secondary N) is 1. The summed E-state index contributed by atoms with van der Waals surface area (Å²) in [6.45, 7) is 0. The number of H-pyrrole nitrogens is 1. The van der Waals surface area contributed by atoms with Crippen LogP contribution in [0.4, 0.5) is 11.6 Å². The lowest BCUT2D eigenvalue weighted by Crippen LogP contribution is -1.96. The minimum atomic E-state index is -0.509. The fourth-order valence-corrected chi connectivity index (χ4v) is 3.67. The van der Waals surface area contributed by atoms with E-state index in [9.17, 15) is 4.79 Å². The highest BCUT2D eigenvalue weighted by Gasteiger charge is 2.14. The number of azo groups is 1. The fraction of sp³-hybridized carbons (Fsp3) is 0. The van der Waals surface area contributed by atoms with Gasteiger partial charge in [0.15, 0.2) is 5.82 Å². The number of carbonyl (C=O) groups is 1. The van der Waals surface area contributed by atoms with Crippen LogP contribution in [0.2, 0.25) is 0 Å². The molecule has 3 N–H and O–H groups in total. The normalized spacial score (nSPS) is 11.3. The van der Waals surface area contributed by atoms with Crippen molar-refractivity contribution in [1.29, 1.82) is 0 Å². The van der Waals surface area contributed by atoms with Crippen LogP contribution in [-0.4, -0.2) is 15.9 Å². The predicted molar refractivity (Wildman–Crippen MR) is 106 cm³/mol. The molecule has 27 heavy (non-hydrogen) atoms. The summed E-state index contributed by atoms with van der Waals surface area (Å²) in [6, 6.07) is 20.9. The highest BCUT2D eigenvalue weighted by atomic mass is 32.2. The van der Waals surface area contributed by atoms with E-state index in [1.165, 1.54) is 0 Å². The minimum absolute atomic E-state index is 0.240. The van der Waals surface area contributed by atoms with Gasteiger partial charge in [0.25, 0.3) is 0 Å². The van der Waals surface area contributed by atoms with E-state index in [4.69, 9.17) is 5.73 Å². The van der Waals surface area contributed by atoms with E-state index in [2.05, 4.69) is 20.2 Å². The van der Waals surface area contributed by atoms with Crippen LogP contribution in [0.25, 0.3) is 10.8 Å². The van der Waals surface area contributed by atoms with Crippen LogP contribution in [-0.2, 0) is 0 Å². The molecule has 0 spiro atoms. The van der Waals surface area contributed by atoms with Crippen molar-refractivity contribution in [3.8, 4) is 0 Å². The number of benzene rings is 2. The molecule has 0 radical (unpaired) electrons. The summed E-state index contributed by atoms with van der Waals surface area (Å²) in [4.78, 5) is 21.2. The molecule has 2 aromatic heterocycles. The molecule has 1 amide bonds. The molecule has 7 heteroatoms. The summed E-state index contributed by atoms with van der Waals surface area (Å²) in [6.07, 6.45) is 1.54. The van der Waals surface area contributed by atoms with E-state index in [0.717, 1.165) is 20.6 Å². The van der Waals surface area contributed by atoms with Crippen LogP contribution < -0.4 is 5.73 Å². The van der Waals surface area contributed by atoms with E-state index >= 15 is 0 Å². The Labute approximate surface area is 159 Å². The van der Waals surface area contributed by atoms with Gasteiger partial charge in [-0.2, -0.15) is 0 Å². The molecule has 132 valence electrons. The molecule has 0 saturated heterocycles. The van der Waals surface area contributed by atoms with Gasteiger partial charge in [0, 0.05) is 26.8 Å². The average Bonchev–Trinajstić information content (AvgIpc) is 3.04. The second-order valence-electron chi connectivity index (χ2n) is 5.70. The van der Waals surface area contributed by atoms with Crippen molar-refractivity contribution in [1.82, 2.24) is 9.97 Å². The third-order valence-corrected chi connectivity index (χ3v) is 4.97. The summed E-state index contributed by atoms with van der Waals surface area (Å²) < 4.78 is 0. The zero-order valence-electron chi connectivity index (χ0n) is 14.2. The second-order valence-corrected chi connectivity index (χ2v) is 6.82. The third kappa shape index (κ3) is 3.58. The Kier molecular flexibility index (Phi) is 4.67. The number of hydrogen-bond acceptors (Lipinski definition) is 5. The smallest absolute Gasteiger partial charge is 0.313 e. The Morgan fingerprint density at radius 1 is 1.00 bits per heavy atom. The molecule has 0 fully saturated rings. The largest absolute Gasteiger partial charge is 0.385 e. The molecule has 0 bridgehead atoms. The molecular formula is C20H15N5OS. The Morgan fingerprint density at radius 2 is 1.81 bits per heavy atom. The lowest BCUT2D eigenvalue weighted by Gasteiger charge is -2.04. The van der Waals surface area contributed by atoms with Crippen LogP contribution in [0.15, 0.2) is 92.9 Å². The van der Waals surface area contributed by atoms with E-state index in [1.807, 2.05) is 48.5 Å². The number of anilines is 1. The maximum atomic E-state index is 12.2. The lowest BCUT2D eigenvalue weighted by atomic mass is 10.2. The van der Waals surface area contributed by atoms with Gasteiger partial charge in [-0.05, 0) is 30.3 Å². The molecular weight excluding hydrogens is 358 g/mol. The monoisotopic (exact) mass is 373 g/mol. The van der Waals surface area contributed by atoms with Crippen molar-refractivity contribution < 1.29 is 4.79 Å². The maximum absolute atomic E-state index is 12.2. The molecule has 0 aliphatic carbocycles. The molecule has 4 aromatic rings. The first kappa shape index (κ1) is 17.0. The van der Waals surface area contributed by atoms with Crippen LogP contribution in [0.1, 0.15) is 10.5 Å². The number of nitrogens with zero attached hydrogens (tertiary/aromatic N) is 3. The van der Waals surface area contributed by atoms with Crippen molar-refractivity contribution in [3.05, 3.63) is 78.6 Å². The number of aromatic amines is 1.